The molecule has 0 spiro atoms. The molecule has 0 atom stereocenters. The summed E-state index contributed by atoms with van der Waals surface area (Å²) < 4.78 is 2.57. The smallest absolute Gasteiger partial charge is 0.263 e. The van der Waals surface area contributed by atoms with E-state index in [9.17, 15) is 24.6 Å². The van der Waals surface area contributed by atoms with Crippen molar-refractivity contribution in [1.29, 1.82) is 0 Å². The number of benzene rings is 3. The maximum Gasteiger partial charge on any atom is 0.263 e. The maximum atomic E-state index is 14.0. The molecule has 2 heterocycles. The third kappa shape index (κ3) is 7.83. The number of nitrogens with zero attached hydrogens (tertiary/aromatic N) is 6. The van der Waals surface area contributed by atoms with E-state index in [-0.39, 0.29) is 72.9 Å². The normalized spacial score (nSPS) is 12.0. The second kappa shape index (κ2) is 16.1. The zero-order valence-corrected chi connectivity index (χ0v) is 29.9. The molecule has 0 fully saturated rings. The quantitative estimate of drug-likeness (QED) is 0.201. The van der Waals surface area contributed by atoms with Crippen LogP contribution >= 0.6 is 37.2 Å². The Morgan fingerprint density at radius 1 is 0.702 bits per heavy atom. The number of rotatable bonds is 11. The molecule has 11 nitrogen and oxygen atoms in total. The van der Waals surface area contributed by atoms with Crippen molar-refractivity contribution in [2.75, 3.05) is 61.9 Å². The topological polar surface area (TPSA) is 124 Å². The Labute approximate surface area is 291 Å². The summed E-state index contributed by atoms with van der Waals surface area (Å²) in [6, 6.07) is 10.4. The standard InChI is InChI=1S/C33H40N6O5.3ClH/c1-35(2)13-15-38-30(41)22-8-9-23-28-27(22)24(32(38)43)18-25(29(28)33(44)39(31(23)42)16-14-36(3)4)34-12-11-20-7-10-26(40)21(17-20)19-37(5)6;;;/h7-10,17-18,40,42H,11-16,19H2,1-6H3;3*1H. The molecule has 0 amide bonds. The van der Waals surface area contributed by atoms with Crippen LogP contribution in [0.15, 0.2) is 55.8 Å². The predicted octanol–water partition coefficient (Wildman–Crippen LogP) is 2.66. The molecule has 2 aliphatic rings. The molecular formula is C33H43Cl3N6O5. The number of aromatic hydroxyl groups is 2. The Bertz CT molecular complexity index is 2040. The van der Waals surface area contributed by atoms with Crippen molar-refractivity contribution in [3.8, 4) is 22.8 Å². The van der Waals surface area contributed by atoms with E-state index >= 15 is 0 Å². The number of halogens is 3. The highest BCUT2D eigenvalue weighted by atomic mass is 35.5. The van der Waals surface area contributed by atoms with Gasteiger partial charge in [-0.25, -0.2) is 0 Å². The number of aromatic nitrogens is 2. The Kier molecular flexibility index (Phi) is 13.6. The Morgan fingerprint density at radius 3 is 1.94 bits per heavy atom. The fourth-order valence-electron chi connectivity index (χ4n) is 5.76. The molecule has 3 aromatic rings. The largest absolute Gasteiger partial charge is 0.508 e. The zero-order valence-electron chi connectivity index (χ0n) is 27.4. The van der Waals surface area contributed by atoms with Gasteiger partial charge in [0.2, 0.25) is 5.88 Å². The van der Waals surface area contributed by atoms with Gasteiger partial charge in [-0.1, -0.05) is 12.1 Å². The van der Waals surface area contributed by atoms with E-state index in [2.05, 4.69) is 0 Å². The monoisotopic (exact) mass is 708 g/mol. The molecule has 1 aliphatic carbocycles. The lowest BCUT2D eigenvalue weighted by molar-refractivity contribution is 0.353. The number of hydrogen-bond acceptors (Lipinski definition) is 9. The van der Waals surface area contributed by atoms with Crippen LogP contribution in [0.2, 0.25) is 0 Å². The summed E-state index contributed by atoms with van der Waals surface area (Å²) >= 11 is 0. The van der Waals surface area contributed by atoms with Gasteiger partial charge in [-0.15, -0.1) is 37.2 Å². The summed E-state index contributed by atoms with van der Waals surface area (Å²) in [5.74, 6) is 0.0265. The van der Waals surface area contributed by atoms with E-state index < -0.39 is 16.7 Å². The molecule has 0 radical (unpaired) electrons. The van der Waals surface area contributed by atoms with Crippen molar-refractivity contribution in [2.24, 2.45) is 4.99 Å². The lowest BCUT2D eigenvalue weighted by Crippen LogP contribution is -2.39. The summed E-state index contributed by atoms with van der Waals surface area (Å²) in [4.78, 5) is 52.1. The minimum absolute atomic E-state index is 0. The zero-order chi connectivity index (χ0) is 31.9. The summed E-state index contributed by atoms with van der Waals surface area (Å²) in [7, 11) is 11.4. The van der Waals surface area contributed by atoms with Crippen LogP contribution in [0.1, 0.15) is 11.1 Å². The van der Waals surface area contributed by atoms with E-state index in [0.29, 0.717) is 59.7 Å². The molecule has 47 heavy (non-hydrogen) atoms. The van der Waals surface area contributed by atoms with Gasteiger partial charge in [-0.2, -0.15) is 0 Å². The summed E-state index contributed by atoms with van der Waals surface area (Å²) in [6.45, 7) is 2.39. The molecule has 1 aromatic heterocycles. The number of pyridine rings is 2. The van der Waals surface area contributed by atoms with E-state index in [1.54, 1.807) is 24.3 Å². The van der Waals surface area contributed by atoms with Crippen molar-refractivity contribution in [3.05, 3.63) is 83.9 Å². The third-order valence-electron chi connectivity index (χ3n) is 8.02. The first-order chi connectivity index (χ1) is 20.9. The second-order valence-electron chi connectivity index (χ2n) is 12.2. The lowest BCUT2D eigenvalue weighted by atomic mass is 9.90. The fourth-order valence-corrected chi connectivity index (χ4v) is 5.76. The number of hydrogen-bond donors (Lipinski definition) is 2. The van der Waals surface area contributed by atoms with E-state index in [1.807, 2.05) is 69.1 Å². The van der Waals surface area contributed by atoms with Crippen LogP contribution in [0.25, 0.3) is 32.7 Å². The molecule has 0 bridgehead atoms. The first-order valence-corrected chi connectivity index (χ1v) is 14.7. The van der Waals surface area contributed by atoms with Crippen LogP contribution in [0.4, 0.5) is 0 Å². The number of phenolic OH excluding ortho intramolecular Hbond substituents is 1. The lowest BCUT2D eigenvalue weighted by Gasteiger charge is -2.20. The third-order valence-corrected chi connectivity index (χ3v) is 8.02. The predicted molar refractivity (Wildman–Crippen MR) is 195 cm³/mol. The van der Waals surface area contributed by atoms with Gasteiger partial charge in [0.1, 0.15) is 5.75 Å². The second-order valence-corrected chi connectivity index (χ2v) is 12.2. The van der Waals surface area contributed by atoms with Crippen molar-refractivity contribution in [1.82, 2.24) is 23.8 Å². The molecule has 256 valence electrons. The summed E-state index contributed by atoms with van der Waals surface area (Å²) in [5.41, 5.74) is 1.16. The number of likely N-dealkylation sites (N-methyl/N-ethyl adjacent to an activating group) is 2. The van der Waals surface area contributed by atoms with Gasteiger partial charge in [-0.05, 0) is 78.5 Å². The van der Waals surface area contributed by atoms with Gasteiger partial charge in [0.25, 0.3) is 16.7 Å². The molecule has 5 rings (SSSR count). The maximum absolute atomic E-state index is 14.0. The number of phenols is 1. The van der Waals surface area contributed by atoms with Crippen LogP contribution in [-0.2, 0) is 26.1 Å². The van der Waals surface area contributed by atoms with Crippen molar-refractivity contribution in [2.45, 2.75) is 26.1 Å². The molecule has 0 saturated carbocycles. The molecular weight excluding hydrogens is 667 g/mol. The molecule has 1 aliphatic heterocycles. The van der Waals surface area contributed by atoms with Gasteiger partial charge >= 0.3 is 0 Å². The van der Waals surface area contributed by atoms with Crippen molar-refractivity contribution >= 4 is 58.8 Å². The summed E-state index contributed by atoms with van der Waals surface area (Å²) in [6.07, 6.45) is 0.539. The molecule has 0 unspecified atom stereocenters. The van der Waals surface area contributed by atoms with Gasteiger partial charge in [0, 0.05) is 66.6 Å². The Morgan fingerprint density at radius 2 is 1.32 bits per heavy atom. The van der Waals surface area contributed by atoms with Crippen LogP contribution < -0.4 is 22.0 Å². The van der Waals surface area contributed by atoms with E-state index in [1.165, 1.54) is 9.13 Å². The molecule has 2 N–H and O–H groups in total. The molecule has 2 aromatic carbocycles. The van der Waals surface area contributed by atoms with Crippen LogP contribution in [0, 0.1) is 0 Å². The first-order valence-electron chi connectivity index (χ1n) is 14.7. The van der Waals surface area contributed by atoms with Crippen LogP contribution in [0.5, 0.6) is 11.6 Å². The van der Waals surface area contributed by atoms with Crippen LogP contribution in [0.3, 0.4) is 0 Å². The Hall–Kier alpha value is -3.45. The fraction of sp³-hybridized carbons (Fsp3) is 0.394. The average Bonchev–Trinajstić information content (AvgIpc) is 2.95. The van der Waals surface area contributed by atoms with Crippen molar-refractivity contribution < 1.29 is 10.2 Å². The highest BCUT2D eigenvalue weighted by molar-refractivity contribution is 6.15. The highest BCUT2D eigenvalue weighted by Crippen LogP contribution is 2.36. The van der Waals surface area contributed by atoms with Gasteiger partial charge < -0.3 is 24.9 Å². The minimum atomic E-state index is -0.446. The van der Waals surface area contributed by atoms with Gasteiger partial charge in [0.15, 0.2) is 0 Å². The van der Waals surface area contributed by atoms with Crippen molar-refractivity contribution in [3.63, 3.8) is 0 Å². The van der Waals surface area contributed by atoms with E-state index in [4.69, 9.17) is 4.99 Å². The average molecular weight is 710 g/mol. The minimum Gasteiger partial charge on any atom is -0.508 e. The van der Waals surface area contributed by atoms with E-state index in [0.717, 1.165) is 11.1 Å². The molecule has 14 heteroatoms. The SMILES string of the molecule is CN(C)CCn1c(O)c2ccc3c4c2c(c(=NCCc2ccc(O)c(CN(C)C)c2)cc-4c(=O)n(CCN(C)C)c3=O)c1=O.Cl.Cl.Cl. The summed E-state index contributed by atoms with van der Waals surface area (Å²) in [5, 5.41) is 23.3. The Balaban J connectivity index is 0.00000256. The van der Waals surface area contributed by atoms with Crippen LogP contribution in [-0.4, -0.2) is 96.0 Å². The first kappa shape index (κ1) is 39.7. The highest BCUT2D eigenvalue weighted by Gasteiger charge is 2.26. The molecule has 0 saturated heterocycles. The van der Waals surface area contributed by atoms with Gasteiger partial charge in [0.05, 0.1) is 16.3 Å². The van der Waals surface area contributed by atoms with Gasteiger partial charge in [-0.3, -0.25) is 28.5 Å².